The van der Waals surface area contributed by atoms with Gasteiger partial charge in [-0.3, -0.25) is 0 Å². The number of hydrogen-bond acceptors (Lipinski definition) is 0. The second-order valence-corrected chi connectivity index (χ2v) is 7.04. The van der Waals surface area contributed by atoms with Gasteiger partial charge in [-0.25, -0.2) is 0 Å². The van der Waals surface area contributed by atoms with Crippen LogP contribution in [-0.2, 0) is 20.4 Å². The Hall–Kier alpha value is -4.02. The van der Waals surface area contributed by atoms with Crippen molar-refractivity contribution in [3.63, 3.8) is 0 Å². The van der Waals surface area contributed by atoms with Crippen LogP contribution in [0.15, 0.2) is 182 Å². The molecule has 0 bridgehead atoms. The van der Waals surface area contributed by atoms with Gasteiger partial charge < -0.3 is 0 Å². The first kappa shape index (κ1) is 31.0. The minimum Gasteiger partial charge on any atom is -0.184 e. The van der Waals surface area contributed by atoms with E-state index in [2.05, 4.69) is 72.8 Å². The molecule has 0 aliphatic rings. The van der Waals surface area contributed by atoms with Crippen molar-refractivity contribution in [2.24, 2.45) is 0 Å². The van der Waals surface area contributed by atoms with Crippen LogP contribution in [0.25, 0.3) is 11.1 Å². The SMILES string of the molecule is [Pd].[c-]1ccccc1.[c-]1ccccc1.[c-]1ccccc1.[c-]1ccccc1.c1ccc(-c2ccccc2)cc1. The zero-order valence-corrected chi connectivity index (χ0v) is 22.2. The van der Waals surface area contributed by atoms with E-state index in [-0.39, 0.29) is 20.4 Å². The summed E-state index contributed by atoms with van der Waals surface area (Å²) in [4.78, 5) is 0. The van der Waals surface area contributed by atoms with Crippen LogP contribution in [0, 0.1) is 24.3 Å². The molecule has 6 aromatic carbocycles. The summed E-state index contributed by atoms with van der Waals surface area (Å²) in [5.41, 5.74) is 2.55. The van der Waals surface area contributed by atoms with Crippen molar-refractivity contribution < 1.29 is 20.4 Å². The molecule has 0 saturated heterocycles. The summed E-state index contributed by atoms with van der Waals surface area (Å²) in [5.74, 6) is 0. The zero-order chi connectivity index (χ0) is 25.2. The fourth-order valence-corrected chi connectivity index (χ4v) is 2.63. The Kier molecular flexibility index (Phi) is 19.9. The van der Waals surface area contributed by atoms with Crippen LogP contribution in [0.5, 0.6) is 0 Å². The molecule has 0 spiro atoms. The molecule has 0 saturated carbocycles. The Morgan fingerprint density at radius 3 is 0.568 bits per heavy atom. The van der Waals surface area contributed by atoms with E-state index in [0.29, 0.717) is 0 Å². The van der Waals surface area contributed by atoms with Crippen LogP contribution < -0.4 is 0 Å². The predicted octanol–water partition coefficient (Wildman–Crippen LogP) is 9.30. The third-order valence-electron chi connectivity index (χ3n) is 4.31. The Balaban J connectivity index is 0.000000239. The minimum atomic E-state index is 0. The minimum absolute atomic E-state index is 0. The molecule has 6 aromatic rings. The maximum Gasteiger partial charge on any atom is 0 e. The number of benzene rings is 6. The van der Waals surface area contributed by atoms with Gasteiger partial charge in [0.2, 0.25) is 0 Å². The second kappa shape index (κ2) is 23.7. The van der Waals surface area contributed by atoms with Crippen LogP contribution in [0.1, 0.15) is 0 Å². The third-order valence-corrected chi connectivity index (χ3v) is 4.31. The van der Waals surface area contributed by atoms with Crippen molar-refractivity contribution in [2.75, 3.05) is 0 Å². The molecule has 0 amide bonds. The summed E-state index contributed by atoms with van der Waals surface area (Å²) < 4.78 is 0. The molecule has 0 aromatic heterocycles. The Morgan fingerprint density at radius 1 is 0.243 bits per heavy atom. The van der Waals surface area contributed by atoms with Gasteiger partial charge in [-0.15, -0.1) is 0 Å². The molecule has 0 heterocycles. The van der Waals surface area contributed by atoms with Crippen LogP contribution in [0.3, 0.4) is 0 Å². The van der Waals surface area contributed by atoms with Crippen molar-refractivity contribution in [2.45, 2.75) is 0 Å². The Labute approximate surface area is 237 Å². The fourth-order valence-electron chi connectivity index (χ4n) is 2.63. The van der Waals surface area contributed by atoms with E-state index in [4.69, 9.17) is 0 Å². The van der Waals surface area contributed by atoms with Gasteiger partial charge in [0.1, 0.15) is 0 Å². The normalized spacial score (nSPS) is 8.32. The third kappa shape index (κ3) is 18.0. The standard InChI is InChI=1S/C12H10.4C6H5.Pd/c1-3-7-11(8-4-1)12-9-5-2-6-10-12;4*1-2-4-6-5-3-1;/h1-10H;4*1-5H;/q;4*-1;. The average molecular weight is 569 g/mol. The molecule has 0 radical (unpaired) electrons. The molecule has 0 aliphatic heterocycles. The van der Waals surface area contributed by atoms with E-state index in [0.717, 1.165) is 0 Å². The predicted molar refractivity (Wildman–Crippen MR) is 153 cm³/mol. The first-order valence-electron chi connectivity index (χ1n) is 11.7. The first-order chi connectivity index (χ1) is 18.0. The molecule has 0 unspecified atom stereocenters. The molecular formula is C36H30Pd-4. The molecular weight excluding hydrogens is 539 g/mol. The van der Waals surface area contributed by atoms with Gasteiger partial charge in [-0.1, -0.05) is 60.7 Å². The van der Waals surface area contributed by atoms with Crippen molar-refractivity contribution in [1.29, 1.82) is 0 Å². The van der Waals surface area contributed by atoms with Crippen molar-refractivity contribution in [3.05, 3.63) is 206 Å². The van der Waals surface area contributed by atoms with Gasteiger partial charge in [0.05, 0.1) is 0 Å². The fraction of sp³-hybridized carbons (Fsp3) is 0. The van der Waals surface area contributed by atoms with E-state index in [9.17, 15) is 0 Å². The van der Waals surface area contributed by atoms with E-state index < -0.39 is 0 Å². The molecule has 188 valence electrons. The van der Waals surface area contributed by atoms with Crippen LogP contribution >= 0.6 is 0 Å². The summed E-state index contributed by atoms with van der Waals surface area (Å²) in [6.07, 6.45) is 0. The summed E-state index contributed by atoms with van der Waals surface area (Å²) in [6, 6.07) is 70.8. The largest absolute Gasteiger partial charge is 0.184 e. The van der Waals surface area contributed by atoms with Gasteiger partial charge in [0.25, 0.3) is 0 Å². The molecule has 0 atom stereocenters. The molecule has 0 N–H and O–H groups in total. The van der Waals surface area contributed by atoms with Crippen molar-refractivity contribution >= 4 is 0 Å². The van der Waals surface area contributed by atoms with Crippen LogP contribution in [-0.4, -0.2) is 0 Å². The second-order valence-electron chi connectivity index (χ2n) is 7.04. The van der Waals surface area contributed by atoms with Gasteiger partial charge in [-0.05, 0) is 11.1 Å². The topological polar surface area (TPSA) is 0 Å². The van der Waals surface area contributed by atoms with Gasteiger partial charge in [0.15, 0.2) is 0 Å². The Bertz CT molecular complexity index is 909. The summed E-state index contributed by atoms with van der Waals surface area (Å²) in [5, 5.41) is 0. The maximum atomic E-state index is 2.89. The van der Waals surface area contributed by atoms with E-state index in [1.807, 2.05) is 133 Å². The summed E-state index contributed by atoms with van der Waals surface area (Å²) in [7, 11) is 0. The first-order valence-corrected chi connectivity index (χ1v) is 11.7. The van der Waals surface area contributed by atoms with E-state index >= 15 is 0 Å². The molecule has 0 nitrogen and oxygen atoms in total. The maximum absolute atomic E-state index is 2.89. The summed E-state index contributed by atoms with van der Waals surface area (Å²) in [6.45, 7) is 0. The smallest absolute Gasteiger partial charge is 0 e. The summed E-state index contributed by atoms with van der Waals surface area (Å²) >= 11 is 0. The zero-order valence-electron chi connectivity index (χ0n) is 20.6. The number of rotatable bonds is 1. The molecule has 0 fully saturated rings. The molecule has 1 heteroatoms. The Morgan fingerprint density at radius 2 is 0.432 bits per heavy atom. The van der Waals surface area contributed by atoms with Crippen LogP contribution in [0.4, 0.5) is 0 Å². The van der Waals surface area contributed by atoms with E-state index in [1.165, 1.54) is 11.1 Å². The molecule has 6 rings (SSSR count). The van der Waals surface area contributed by atoms with E-state index in [1.54, 1.807) is 0 Å². The quantitative estimate of drug-likeness (QED) is 0.137. The molecule has 0 aliphatic carbocycles. The average Bonchev–Trinajstić information content (AvgIpc) is 3.03. The monoisotopic (exact) mass is 568 g/mol. The van der Waals surface area contributed by atoms with Gasteiger partial charge in [0, 0.05) is 20.4 Å². The molecule has 37 heavy (non-hydrogen) atoms. The van der Waals surface area contributed by atoms with Gasteiger partial charge >= 0.3 is 0 Å². The number of hydrogen-bond donors (Lipinski definition) is 0. The van der Waals surface area contributed by atoms with Gasteiger partial charge in [-0.2, -0.15) is 146 Å². The van der Waals surface area contributed by atoms with Crippen molar-refractivity contribution in [3.8, 4) is 11.1 Å². The van der Waals surface area contributed by atoms with Crippen molar-refractivity contribution in [1.82, 2.24) is 0 Å². The van der Waals surface area contributed by atoms with Crippen LogP contribution in [0.2, 0.25) is 0 Å².